The van der Waals surface area contributed by atoms with Crippen LogP contribution in [0.4, 0.5) is 18.3 Å². The number of aromatic nitrogens is 1. The van der Waals surface area contributed by atoms with Crippen molar-refractivity contribution in [1.29, 1.82) is 0 Å². The number of hydrogen-bond acceptors (Lipinski definition) is 3. The average molecular weight is 363 g/mol. The van der Waals surface area contributed by atoms with Gasteiger partial charge < -0.3 is 5.73 Å². The molecule has 0 saturated carbocycles. The van der Waals surface area contributed by atoms with E-state index in [2.05, 4.69) is 20.9 Å². The molecular weight excluding hydrogens is 353 g/mol. The molecule has 0 aliphatic heterocycles. The summed E-state index contributed by atoms with van der Waals surface area (Å²) < 4.78 is 38.9. The Labute approximate surface area is 126 Å². The van der Waals surface area contributed by atoms with Crippen molar-refractivity contribution in [2.24, 2.45) is 0 Å². The molecule has 1 unspecified atom stereocenters. The maximum absolute atomic E-state index is 13.0. The lowest BCUT2D eigenvalue weighted by atomic mass is 9.96. The molecule has 2 aromatic rings. The number of thiazole rings is 1. The maximum atomic E-state index is 13.0. The smallest absolute Gasteiger partial charge is 0.375 e. The van der Waals surface area contributed by atoms with E-state index < -0.39 is 11.7 Å². The summed E-state index contributed by atoms with van der Waals surface area (Å²) in [5.41, 5.74) is 6.63. The minimum Gasteiger partial charge on any atom is -0.375 e. The van der Waals surface area contributed by atoms with Crippen molar-refractivity contribution < 1.29 is 13.2 Å². The van der Waals surface area contributed by atoms with Gasteiger partial charge in [-0.1, -0.05) is 22.0 Å². The zero-order chi connectivity index (χ0) is 14.5. The number of nitrogens with zero attached hydrogens (tertiary/aromatic N) is 1. The fourth-order valence-corrected chi connectivity index (χ4v) is 4.06. The molecule has 0 bridgehead atoms. The molecule has 1 aliphatic rings. The minimum atomic E-state index is -4.36. The Balaban J connectivity index is 2.04. The molecule has 1 heterocycles. The van der Waals surface area contributed by atoms with Gasteiger partial charge in [0.05, 0.1) is 11.3 Å². The third-order valence-corrected chi connectivity index (χ3v) is 5.16. The molecule has 2 nitrogen and oxygen atoms in total. The summed E-state index contributed by atoms with van der Waals surface area (Å²) >= 11 is 4.33. The highest BCUT2D eigenvalue weighted by Crippen LogP contribution is 2.44. The van der Waals surface area contributed by atoms with Gasteiger partial charge >= 0.3 is 6.18 Å². The zero-order valence-corrected chi connectivity index (χ0v) is 12.6. The van der Waals surface area contributed by atoms with E-state index in [1.807, 2.05) is 0 Å². The first-order chi connectivity index (χ1) is 9.36. The predicted molar refractivity (Wildman–Crippen MR) is 75.8 cm³/mol. The molecule has 0 fully saturated rings. The Morgan fingerprint density at radius 2 is 2.10 bits per heavy atom. The van der Waals surface area contributed by atoms with Crippen molar-refractivity contribution in [1.82, 2.24) is 4.98 Å². The topological polar surface area (TPSA) is 38.9 Å². The number of benzene rings is 1. The van der Waals surface area contributed by atoms with Crippen LogP contribution in [0.1, 0.15) is 34.0 Å². The number of nitrogen functional groups attached to an aromatic ring is 1. The monoisotopic (exact) mass is 362 g/mol. The SMILES string of the molecule is Nc1nc2c(s1)C(c1ccc(Br)c(C(F)(F)F)c1)CC2. The number of aryl methyl sites for hydroxylation is 1. The summed E-state index contributed by atoms with van der Waals surface area (Å²) in [5, 5.41) is 0.479. The molecule has 1 aliphatic carbocycles. The standard InChI is InChI=1S/C13H10BrF3N2S/c14-9-3-1-6(5-8(9)13(15,16)17)7-2-4-10-11(7)20-12(18)19-10/h1,3,5,7H,2,4H2,(H2,18,19). The second-order valence-electron chi connectivity index (χ2n) is 4.69. The Kier molecular flexibility index (Phi) is 3.29. The van der Waals surface area contributed by atoms with Gasteiger partial charge in [0.15, 0.2) is 5.13 Å². The normalized spacial score (nSPS) is 18.3. The number of hydrogen-bond donors (Lipinski definition) is 1. The molecule has 20 heavy (non-hydrogen) atoms. The molecule has 1 atom stereocenters. The number of alkyl halides is 3. The van der Waals surface area contributed by atoms with Crippen LogP contribution in [0.15, 0.2) is 22.7 Å². The highest BCUT2D eigenvalue weighted by Gasteiger charge is 2.35. The van der Waals surface area contributed by atoms with Crippen LogP contribution >= 0.6 is 27.3 Å². The highest BCUT2D eigenvalue weighted by atomic mass is 79.9. The van der Waals surface area contributed by atoms with Crippen molar-refractivity contribution in [3.63, 3.8) is 0 Å². The van der Waals surface area contributed by atoms with Gasteiger partial charge in [-0.25, -0.2) is 4.98 Å². The predicted octanol–water partition coefficient (Wildman–Crippen LogP) is 4.58. The molecule has 1 aromatic carbocycles. The molecule has 2 N–H and O–H groups in total. The number of rotatable bonds is 1. The van der Waals surface area contributed by atoms with E-state index in [-0.39, 0.29) is 10.4 Å². The van der Waals surface area contributed by atoms with Gasteiger partial charge in [-0.15, -0.1) is 11.3 Å². The van der Waals surface area contributed by atoms with Crippen molar-refractivity contribution in [2.75, 3.05) is 5.73 Å². The fourth-order valence-electron chi connectivity index (χ4n) is 2.54. The van der Waals surface area contributed by atoms with E-state index in [0.717, 1.165) is 23.4 Å². The van der Waals surface area contributed by atoms with Crippen molar-refractivity contribution in [3.05, 3.63) is 44.4 Å². The Morgan fingerprint density at radius 3 is 2.80 bits per heavy atom. The van der Waals surface area contributed by atoms with Crippen LogP contribution in [0.3, 0.4) is 0 Å². The second kappa shape index (κ2) is 4.73. The molecule has 0 amide bonds. The van der Waals surface area contributed by atoms with Gasteiger partial charge in [0, 0.05) is 15.3 Å². The molecule has 0 radical (unpaired) electrons. The summed E-state index contributed by atoms with van der Waals surface area (Å²) in [6.45, 7) is 0. The van der Waals surface area contributed by atoms with Crippen LogP contribution in [-0.4, -0.2) is 4.98 Å². The Bertz CT molecular complexity index is 666. The molecule has 0 saturated heterocycles. The van der Waals surface area contributed by atoms with Crippen LogP contribution < -0.4 is 5.73 Å². The fraction of sp³-hybridized carbons (Fsp3) is 0.308. The first-order valence-corrected chi connectivity index (χ1v) is 7.59. The lowest BCUT2D eigenvalue weighted by molar-refractivity contribution is -0.138. The summed E-state index contributed by atoms with van der Waals surface area (Å²) in [6, 6.07) is 4.41. The molecule has 0 spiro atoms. The highest BCUT2D eigenvalue weighted by molar-refractivity contribution is 9.10. The first kappa shape index (κ1) is 13.9. The lowest BCUT2D eigenvalue weighted by Crippen LogP contribution is -2.07. The molecule has 1 aromatic heterocycles. The number of halogens is 4. The van der Waals surface area contributed by atoms with Crippen LogP contribution in [0.25, 0.3) is 0 Å². The molecule has 106 valence electrons. The third kappa shape index (κ3) is 2.33. The summed E-state index contributed by atoms with van der Waals surface area (Å²) in [7, 11) is 0. The van der Waals surface area contributed by atoms with E-state index in [0.29, 0.717) is 10.7 Å². The Hall–Kier alpha value is -1.08. The van der Waals surface area contributed by atoms with Crippen molar-refractivity contribution in [2.45, 2.75) is 24.9 Å². The lowest BCUT2D eigenvalue weighted by Gasteiger charge is -2.15. The van der Waals surface area contributed by atoms with E-state index in [1.54, 1.807) is 6.07 Å². The quantitative estimate of drug-likeness (QED) is 0.805. The van der Waals surface area contributed by atoms with Gasteiger partial charge in [0.2, 0.25) is 0 Å². The molecular formula is C13H10BrF3N2S. The third-order valence-electron chi connectivity index (χ3n) is 3.43. The van der Waals surface area contributed by atoms with Gasteiger partial charge in [-0.2, -0.15) is 13.2 Å². The van der Waals surface area contributed by atoms with E-state index in [1.165, 1.54) is 23.5 Å². The van der Waals surface area contributed by atoms with E-state index in [4.69, 9.17) is 5.73 Å². The maximum Gasteiger partial charge on any atom is 0.417 e. The average Bonchev–Trinajstić information content (AvgIpc) is 2.87. The first-order valence-electron chi connectivity index (χ1n) is 5.98. The second-order valence-corrected chi connectivity index (χ2v) is 6.61. The largest absolute Gasteiger partial charge is 0.417 e. The minimum absolute atomic E-state index is 0.0333. The van der Waals surface area contributed by atoms with Gasteiger partial charge in [-0.3, -0.25) is 0 Å². The van der Waals surface area contributed by atoms with Crippen molar-refractivity contribution in [3.8, 4) is 0 Å². The van der Waals surface area contributed by atoms with Crippen LogP contribution in [0.2, 0.25) is 0 Å². The van der Waals surface area contributed by atoms with Gasteiger partial charge in [-0.05, 0) is 30.5 Å². The summed E-state index contributed by atoms with van der Waals surface area (Å²) in [5.74, 6) is -0.0333. The van der Waals surface area contributed by atoms with Crippen molar-refractivity contribution >= 4 is 32.4 Å². The Morgan fingerprint density at radius 1 is 1.35 bits per heavy atom. The van der Waals surface area contributed by atoms with Crippen LogP contribution in [0.5, 0.6) is 0 Å². The molecule has 7 heteroatoms. The van der Waals surface area contributed by atoms with Gasteiger partial charge in [0.1, 0.15) is 0 Å². The van der Waals surface area contributed by atoms with Crippen LogP contribution in [0, 0.1) is 0 Å². The van der Waals surface area contributed by atoms with Gasteiger partial charge in [0.25, 0.3) is 0 Å². The van der Waals surface area contributed by atoms with E-state index in [9.17, 15) is 13.2 Å². The molecule has 3 rings (SSSR count). The summed E-state index contributed by atoms with van der Waals surface area (Å²) in [6.07, 6.45) is -2.80. The number of anilines is 1. The van der Waals surface area contributed by atoms with E-state index >= 15 is 0 Å². The van der Waals surface area contributed by atoms with Crippen LogP contribution in [-0.2, 0) is 12.6 Å². The summed E-state index contributed by atoms with van der Waals surface area (Å²) in [4.78, 5) is 5.22. The number of fused-ring (bicyclic) bond motifs is 1. The number of nitrogens with two attached hydrogens (primary N) is 1. The zero-order valence-electron chi connectivity index (χ0n) is 10.2.